The molecule has 0 atom stereocenters. The van der Waals surface area contributed by atoms with Gasteiger partial charge in [0.1, 0.15) is 0 Å². The molecule has 0 spiro atoms. The first-order valence-electron chi connectivity index (χ1n) is 6.30. The zero-order valence-electron chi connectivity index (χ0n) is 11.2. The van der Waals surface area contributed by atoms with Crippen molar-refractivity contribution in [3.05, 3.63) is 23.8 Å². The molecule has 5 nitrogen and oxygen atoms in total. The highest BCUT2D eigenvalue weighted by molar-refractivity contribution is 7.92. The van der Waals surface area contributed by atoms with Crippen molar-refractivity contribution in [1.82, 2.24) is 5.32 Å². The third-order valence-electron chi connectivity index (χ3n) is 3.05. The Kier molecular flexibility index (Phi) is 4.31. The molecule has 0 radical (unpaired) electrons. The van der Waals surface area contributed by atoms with Gasteiger partial charge < -0.3 is 14.8 Å². The van der Waals surface area contributed by atoms with E-state index in [4.69, 9.17) is 9.47 Å². The monoisotopic (exact) mass is 285 g/mol. The van der Waals surface area contributed by atoms with E-state index in [1.165, 1.54) is 0 Å². The van der Waals surface area contributed by atoms with Crippen molar-refractivity contribution >= 4 is 9.84 Å². The van der Waals surface area contributed by atoms with Crippen LogP contribution >= 0.6 is 0 Å². The maximum atomic E-state index is 11.6. The molecule has 1 N–H and O–H groups in total. The largest absolute Gasteiger partial charge is 0.454 e. The third-order valence-corrected chi connectivity index (χ3v) is 5.26. The molecule has 2 rings (SSSR count). The van der Waals surface area contributed by atoms with Crippen LogP contribution in [-0.4, -0.2) is 32.8 Å². The van der Waals surface area contributed by atoms with Gasteiger partial charge in [0.2, 0.25) is 6.79 Å². The van der Waals surface area contributed by atoms with Crippen molar-refractivity contribution in [1.29, 1.82) is 0 Å². The Morgan fingerprint density at radius 3 is 2.74 bits per heavy atom. The van der Waals surface area contributed by atoms with Crippen LogP contribution in [0.25, 0.3) is 0 Å². The number of sulfone groups is 1. The Morgan fingerprint density at radius 1 is 1.26 bits per heavy atom. The maximum Gasteiger partial charge on any atom is 0.231 e. The number of hydrogen-bond donors (Lipinski definition) is 1. The topological polar surface area (TPSA) is 64.6 Å². The minimum absolute atomic E-state index is 0.162. The van der Waals surface area contributed by atoms with Crippen LogP contribution in [0.4, 0.5) is 0 Å². The molecular formula is C13H19NO4S. The zero-order valence-corrected chi connectivity index (χ0v) is 12.0. The summed E-state index contributed by atoms with van der Waals surface area (Å²) in [5.41, 5.74) is 1.05. The van der Waals surface area contributed by atoms with Gasteiger partial charge in [-0.15, -0.1) is 0 Å². The number of rotatable bonds is 6. The third kappa shape index (κ3) is 3.61. The van der Waals surface area contributed by atoms with Crippen molar-refractivity contribution in [3.8, 4) is 11.5 Å². The molecule has 1 heterocycles. The summed E-state index contributed by atoms with van der Waals surface area (Å²) in [5, 5.41) is 2.81. The van der Waals surface area contributed by atoms with Crippen LogP contribution in [0.2, 0.25) is 0 Å². The lowest BCUT2D eigenvalue weighted by Crippen LogP contribution is -2.27. The minimum atomic E-state index is -2.97. The predicted molar refractivity (Wildman–Crippen MR) is 73.2 cm³/mol. The summed E-state index contributed by atoms with van der Waals surface area (Å²) in [4.78, 5) is 0. The fourth-order valence-corrected chi connectivity index (χ4v) is 2.63. The van der Waals surface area contributed by atoms with Gasteiger partial charge in [0.05, 0.1) is 11.0 Å². The number of ether oxygens (including phenoxy) is 2. The molecule has 0 bridgehead atoms. The van der Waals surface area contributed by atoms with E-state index in [-0.39, 0.29) is 17.8 Å². The van der Waals surface area contributed by atoms with E-state index in [2.05, 4.69) is 5.32 Å². The van der Waals surface area contributed by atoms with Gasteiger partial charge in [0.15, 0.2) is 21.3 Å². The molecule has 0 aromatic heterocycles. The summed E-state index contributed by atoms with van der Waals surface area (Å²) in [7, 11) is -2.97. The minimum Gasteiger partial charge on any atom is -0.454 e. The molecule has 1 aromatic rings. The van der Waals surface area contributed by atoms with Crippen LogP contribution in [0.15, 0.2) is 18.2 Å². The number of nitrogens with one attached hydrogen (secondary N) is 1. The molecule has 19 heavy (non-hydrogen) atoms. The quantitative estimate of drug-likeness (QED) is 0.799. The van der Waals surface area contributed by atoms with Crippen molar-refractivity contribution in [2.24, 2.45) is 0 Å². The summed E-state index contributed by atoms with van der Waals surface area (Å²) in [6, 6.07) is 5.72. The molecule has 0 aliphatic carbocycles. The molecule has 0 amide bonds. The van der Waals surface area contributed by atoms with Crippen LogP contribution in [0.3, 0.4) is 0 Å². The molecule has 1 aliphatic heterocycles. The summed E-state index contributed by atoms with van der Waals surface area (Å²) in [6.07, 6.45) is 0. The molecular weight excluding hydrogens is 266 g/mol. The summed E-state index contributed by atoms with van der Waals surface area (Å²) in [6.45, 7) is 4.73. The van der Waals surface area contributed by atoms with Crippen LogP contribution in [0, 0.1) is 0 Å². The van der Waals surface area contributed by atoms with E-state index < -0.39 is 9.84 Å². The molecule has 0 saturated carbocycles. The van der Waals surface area contributed by atoms with Gasteiger partial charge in [-0.2, -0.15) is 0 Å². The highest BCUT2D eigenvalue weighted by Crippen LogP contribution is 2.32. The first kappa shape index (κ1) is 14.1. The van der Waals surface area contributed by atoms with Gasteiger partial charge >= 0.3 is 0 Å². The smallest absolute Gasteiger partial charge is 0.231 e. The Balaban J connectivity index is 1.80. The lowest BCUT2D eigenvalue weighted by atomic mass is 10.2. The Labute approximate surface area is 113 Å². The molecule has 0 saturated heterocycles. The van der Waals surface area contributed by atoms with Crippen molar-refractivity contribution in [3.63, 3.8) is 0 Å². The highest BCUT2D eigenvalue weighted by atomic mass is 32.2. The molecule has 0 fully saturated rings. The van der Waals surface area contributed by atoms with E-state index in [1.54, 1.807) is 13.8 Å². The second-order valence-corrected chi connectivity index (χ2v) is 7.46. The Morgan fingerprint density at radius 2 is 2.00 bits per heavy atom. The van der Waals surface area contributed by atoms with Crippen molar-refractivity contribution in [2.45, 2.75) is 25.6 Å². The zero-order chi connectivity index (χ0) is 13.9. The molecule has 0 unspecified atom stereocenters. The summed E-state index contributed by atoms with van der Waals surface area (Å²) >= 11 is 0. The van der Waals surface area contributed by atoms with Crippen LogP contribution < -0.4 is 14.8 Å². The average molecular weight is 285 g/mol. The van der Waals surface area contributed by atoms with E-state index in [0.717, 1.165) is 17.1 Å². The van der Waals surface area contributed by atoms with Crippen molar-refractivity contribution in [2.75, 3.05) is 19.1 Å². The van der Waals surface area contributed by atoms with Gasteiger partial charge in [0, 0.05) is 13.1 Å². The number of benzene rings is 1. The first-order chi connectivity index (χ1) is 8.99. The van der Waals surface area contributed by atoms with E-state index in [9.17, 15) is 8.42 Å². The standard InChI is InChI=1S/C13H19NO4S/c1-10(2)19(15,16)6-5-14-8-11-3-4-12-13(7-11)18-9-17-12/h3-4,7,10,14H,5-6,8-9H2,1-2H3. The SMILES string of the molecule is CC(C)S(=O)(=O)CCNCc1ccc2c(c1)OCO2. The normalized spacial score (nSPS) is 14.1. The average Bonchev–Trinajstić information content (AvgIpc) is 2.81. The maximum absolute atomic E-state index is 11.6. The van der Waals surface area contributed by atoms with E-state index in [1.807, 2.05) is 18.2 Å². The van der Waals surface area contributed by atoms with Crippen LogP contribution in [0.1, 0.15) is 19.4 Å². The number of hydrogen-bond acceptors (Lipinski definition) is 5. The lowest BCUT2D eigenvalue weighted by Gasteiger charge is -2.09. The second-order valence-electron chi connectivity index (χ2n) is 4.78. The second kappa shape index (κ2) is 5.79. The van der Waals surface area contributed by atoms with E-state index in [0.29, 0.717) is 13.1 Å². The number of fused-ring (bicyclic) bond motifs is 1. The van der Waals surface area contributed by atoms with Gasteiger partial charge in [-0.25, -0.2) is 8.42 Å². The van der Waals surface area contributed by atoms with Gasteiger partial charge in [-0.05, 0) is 31.5 Å². The van der Waals surface area contributed by atoms with Gasteiger partial charge in [0.25, 0.3) is 0 Å². The Bertz CT molecular complexity index is 540. The predicted octanol–water partition coefficient (Wildman–Crippen LogP) is 1.33. The lowest BCUT2D eigenvalue weighted by molar-refractivity contribution is 0.174. The molecule has 106 valence electrons. The first-order valence-corrected chi connectivity index (χ1v) is 8.01. The van der Waals surface area contributed by atoms with Gasteiger partial charge in [-0.1, -0.05) is 6.07 Å². The van der Waals surface area contributed by atoms with Crippen LogP contribution in [-0.2, 0) is 16.4 Å². The van der Waals surface area contributed by atoms with Crippen molar-refractivity contribution < 1.29 is 17.9 Å². The molecule has 1 aliphatic rings. The van der Waals surface area contributed by atoms with Gasteiger partial charge in [-0.3, -0.25) is 0 Å². The fraction of sp³-hybridized carbons (Fsp3) is 0.538. The Hall–Kier alpha value is -1.27. The van der Waals surface area contributed by atoms with Crippen LogP contribution in [0.5, 0.6) is 11.5 Å². The van der Waals surface area contributed by atoms with E-state index >= 15 is 0 Å². The summed E-state index contributed by atoms with van der Waals surface area (Å²) < 4.78 is 33.8. The molecule has 1 aromatic carbocycles. The highest BCUT2D eigenvalue weighted by Gasteiger charge is 2.15. The fourth-order valence-electron chi connectivity index (χ4n) is 1.73. The molecule has 6 heteroatoms. The summed E-state index contributed by atoms with van der Waals surface area (Å²) in [5.74, 6) is 1.66.